The van der Waals surface area contributed by atoms with Crippen molar-refractivity contribution in [2.75, 3.05) is 13.2 Å². The Kier molecular flexibility index (Phi) is 6.22. The van der Waals surface area contributed by atoms with E-state index in [0.29, 0.717) is 12.4 Å². The number of rotatable bonds is 5. The van der Waals surface area contributed by atoms with E-state index in [1.165, 1.54) is 0 Å². The first kappa shape index (κ1) is 16.6. The van der Waals surface area contributed by atoms with Crippen molar-refractivity contribution in [3.8, 4) is 17.6 Å². The lowest BCUT2D eigenvalue weighted by molar-refractivity contribution is -0.145. The molecule has 118 valence electrons. The molecule has 4 heteroatoms. The van der Waals surface area contributed by atoms with Crippen LogP contribution in [-0.4, -0.2) is 24.3 Å². The fourth-order valence-electron chi connectivity index (χ4n) is 1.82. The van der Waals surface area contributed by atoms with E-state index in [4.69, 9.17) is 14.6 Å². The van der Waals surface area contributed by atoms with Crippen molar-refractivity contribution < 1.29 is 19.4 Å². The Labute approximate surface area is 135 Å². The maximum atomic E-state index is 11.2. The molecule has 2 aromatic rings. The van der Waals surface area contributed by atoms with Gasteiger partial charge in [-0.15, -0.1) is 0 Å². The number of benzene rings is 2. The fraction of sp³-hybridized carbons (Fsp3) is 0.211. The van der Waals surface area contributed by atoms with E-state index in [2.05, 4.69) is 11.8 Å². The van der Waals surface area contributed by atoms with Crippen LogP contribution in [0.4, 0.5) is 0 Å². The molecule has 0 unspecified atom stereocenters. The molecule has 0 spiro atoms. The topological polar surface area (TPSA) is 55.8 Å². The van der Waals surface area contributed by atoms with Gasteiger partial charge < -0.3 is 14.6 Å². The molecule has 0 aliphatic heterocycles. The predicted molar refractivity (Wildman–Crippen MR) is 86.9 cm³/mol. The average molecular weight is 310 g/mol. The highest BCUT2D eigenvalue weighted by molar-refractivity contribution is 5.71. The molecule has 0 fully saturated rings. The number of ether oxygens (including phenoxy) is 2. The molecule has 0 aliphatic carbocycles. The van der Waals surface area contributed by atoms with Gasteiger partial charge in [0.25, 0.3) is 0 Å². The molecule has 0 saturated heterocycles. The SMILES string of the molecule is CCOC(=O)COc1ccc(C#Cc2ccc(CO)cc2)cc1. The summed E-state index contributed by atoms with van der Waals surface area (Å²) in [4.78, 5) is 11.2. The molecule has 2 aromatic carbocycles. The summed E-state index contributed by atoms with van der Waals surface area (Å²) in [6.07, 6.45) is 0. The standard InChI is InChI=1S/C19H18O4/c1-2-22-19(21)14-23-18-11-9-16(10-12-18)4-3-15-5-7-17(13-20)8-6-15/h5-12,20H,2,13-14H2,1H3. The molecule has 0 saturated carbocycles. The Morgan fingerprint density at radius 1 is 1.00 bits per heavy atom. The number of aliphatic hydroxyl groups is 1. The lowest BCUT2D eigenvalue weighted by Crippen LogP contribution is -2.14. The van der Waals surface area contributed by atoms with E-state index in [9.17, 15) is 4.79 Å². The molecular weight excluding hydrogens is 292 g/mol. The minimum Gasteiger partial charge on any atom is -0.482 e. The lowest BCUT2D eigenvalue weighted by atomic mass is 10.1. The van der Waals surface area contributed by atoms with Gasteiger partial charge in [0.15, 0.2) is 6.61 Å². The van der Waals surface area contributed by atoms with E-state index in [0.717, 1.165) is 16.7 Å². The van der Waals surface area contributed by atoms with E-state index in [1.807, 2.05) is 36.4 Å². The summed E-state index contributed by atoms with van der Waals surface area (Å²) in [5.41, 5.74) is 2.59. The Bertz CT molecular complexity index is 691. The Balaban J connectivity index is 1.94. The van der Waals surface area contributed by atoms with E-state index < -0.39 is 0 Å². The zero-order valence-electron chi connectivity index (χ0n) is 12.9. The van der Waals surface area contributed by atoms with Gasteiger partial charge in [-0.2, -0.15) is 0 Å². The van der Waals surface area contributed by atoms with E-state index >= 15 is 0 Å². The van der Waals surface area contributed by atoms with Crippen molar-refractivity contribution >= 4 is 5.97 Å². The summed E-state index contributed by atoms with van der Waals surface area (Å²) in [6, 6.07) is 14.6. The van der Waals surface area contributed by atoms with Gasteiger partial charge in [0.2, 0.25) is 0 Å². The number of carbonyl (C=O) groups excluding carboxylic acids is 1. The minimum atomic E-state index is -0.386. The third-order valence-electron chi connectivity index (χ3n) is 3.00. The second kappa shape index (κ2) is 8.62. The van der Waals surface area contributed by atoms with Crippen molar-refractivity contribution in [2.45, 2.75) is 13.5 Å². The summed E-state index contributed by atoms with van der Waals surface area (Å²) in [7, 11) is 0. The summed E-state index contributed by atoms with van der Waals surface area (Å²) in [5.74, 6) is 6.31. The average Bonchev–Trinajstić information content (AvgIpc) is 2.60. The molecule has 0 amide bonds. The largest absolute Gasteiger partial charge is 0.482 e. The van der Waals surface area contributed by atoms with Gasteiger partial charge in [-0.1, -0.05) is 24.0 Å². The maximum Gasteiger partial charge on any atom is 0.344 e. The molecular formula is C19H18O4. The van der Waals surface area contributed by atoms with Crippen molar-refractivity contribution in [2.24, 2.45) is 0 Å². The number of hydrogen-bond donors (Lipinski definition) is 1. The van der Waals surface area contributed by atoms with Crippen LogP contribution in [0.5, 0.6) is 5.75 Å². The molecule has 0 aliphatic rings. The quantitative estimate of drug-likeness (QED) is 0.681. The van der Waals surface area contributed by atoms with Crippen molar-refractivity contribution in [3.63, 3.8) is 0 Å². The van der Waals surface area contributed by atoms with E-state index in [1.54, 1.807) is 19.1 Å². The van der Waals surface area contributed by atoms with Crippen molar-refractivity contribution in [1.82, 2.24) is 0 Å². The Hall–Kier alpha value is -2.77. The highest BCUT2D eigenvalue weighted by Gasteiger charge is 2.02. The molecule has 0 bridgehead atoms. The van der Waals surface area contributed by atoms with Crippen LogP contribution in [0.25, 0.3) is 0 Å². The lowest BCUT2D eigenvalue weighted by Gasteiger charge is -2.05. The van der Waals surface area contributed by atoms with Gasteiger partial charge in [0.1, 0.15) is 5.75 Å². The Morgan fingerprint density at radius 2 is 1.57 bits per heavy atom. The monoisotopic (exact) mass is 310 g/mol. The first-order valence-corrected chi connectivity index (χ1v) is 7.31. The smallest absolute Gasteiger partial charge is 0.344 e. The molecule has 0 radical (unpaired) electrons. The molecule has 23 heavy (non-hydrogen) atoms. The van der Waals surface area contributed by atoms with Crippen LogP contribution in [0.2, 0.25) is 0 Å². The first-order chi connectivity index (χ1) is 11.2. The predicted octanol–water partition coefficient (Wildman–Crippen LogP) is 2.52. The van der Waals surface area contributed by atoms with Crippen LogP contribution in [0.15, 0.2) is 48.5 Å². The number of aliphatic hydroxyl groups excluding tert-OH is 1. The van der Waals surface area contributed by atoms with Crippen LogP contribution in [0, 0.1) is 11.8 Å². The number of hydrogen-bond acceptors (Lipinski definition) is 4. The summed E-state index contributed by atoms with van der Waals surface area (Å²) in [6.45, 7) is 2.02. The van der Waals surface area contributed by atoms with Crippen LogP contribution < -0.4 is 4.74 Å². The second-order valence-electron chi connectivity index (χ2n) is 4.72. The second-order valence-corrected chi connectivity index (χ2v) is 4.72. The molecule has 0 atom stereocenters. The zero-order valence-corrected chi connectivity index (χ0v) is 12.9. The summed E-state index contributed by atoms with van der Waals surface area (Å²) in [5, 5.41) is 8.99. The summed E-state index contributed by atoms with van der Waals surface area (Å²) >= 11 is 0. The van der Waals surface area contributed by atoms with Crippen LogP contribution in [-0.2, 0) is 16.1 Å². The van der Waals surface area contributed by atoms with Gasteiger partial charge in [0.05, 0.1) is 13.2 Å². The maximum absolute atomic E-state index is 11.2. The minimum absolute atomic E-state index is 0.0287. The van der Waals surface area contributed by atoms with Crippen LogP contribution >= 0.6 is 0 Å². The number of carbonyl (C=O) groups is 1. The van der Waals surface area contributed by atoms with Gasteiger partial charge in [-0.3, -0.25) is 0 Å². The first-order valence-electron chi connectivity index (χ1n) is 7.31. The Morgan fingerprint density at radius 3 is 2.09 bits per heavy atom. The molecule has 1 N–H and O–H groups in total. The van der Waals surface area contributed by atoms with Crippen LogP contribution in [0.3, 0.4) is 0 Å². The third kappa shape index (κ3) is 5.50. The van der Waals surface area contributed by atoms with Gasteiger partial charge in [0, 0.05) is 11.1 Å². The zero-order chi connectivity index (χ0) is 16.5. The van der Waals surface area contributed by atoms with Crippen molar-refractivity contribution in [3.05, 3.63) is 65.2 Å². The third-order valence-corrected chi connectivity index (χ3v) is 3.00. The fourth-order valence-corrected chi connectivity index (χ4v) is 1.82. The highest BCUT2D eigenvalue weighted by atomic mass is 16.6. The highest BCUT2D eigenvalue weighted by Crippen LogP contribution is 2.12. The van der Waals surface area contributed by atoms with E-state index in [-0.39, 0.29) is 19.2 Å². The number of esters is 1. The van der Waals surface area contributed by atoms with Gasteiger partial charge >= 0.3 is 5.97 Å². The summed E-state index contributed by atoms with van der Waals surface area (Å²) < 4.78 is 10.1. The van der Waals surface area contributed by atoms with Crippen molar-refractivity contribution in [1.29, 1.82) is 0 Å². The molecule has 0 heterocycles. The normalized spacial score (nSPS) is 9.65. The van der Waals surface area contributed by atoms with Gasteiger partial charge in [-0.05, 0) is 48.9 Å². The molecule has 2 rings (SSSR count). The van der Waals surface area contributed by atoms with Crippen LogP contribution in [0.1, 0.15) is 23.6 Å². The molecule has 0 aromatic heterocycles. The molecule has 4 nitrogen and oxygen atoms in total. The van der Waals surface area contributed by atoms with Gasteiger partial charge in [-0.25, -0.2) is 4.79 Å².